The number of hydrogen-bond donors (Lipinski definition) is 1. The molecule has 1 saturated heterocycles. The monoisotopic (exact) mass is 547 g/mol. The molecule has 0 bridgehead atoms. The van der Waals surface area contributed by atoms with Crippen LogP contribution in [0.25, 0.3) is 6.08 Å². The van der Waals surface area contributed by atoms with Gasteiger partial charge in [0.2, 0.25) is 0 Å². The molecule has 2 aromatic rings. The molecule has 3 rings (SSSR count). The molecule has 2 aromatic carbocycles. The highest BCUT2D eigenvalue weighted by molar-refractivity contribution is 14.1. The third-order valence-corrected chi connectivity index (χ3v) is 6.70. The molecule has 0 atom stereocenters. The molecule has 1 aliphatic rings. The van der Waals surface area contributed by atoms with Crippen molar-refractivity contribution in [1.29, 1.82) is 0 Å². The summed E-state index contributed by atoms with van der Waals surface area (Å²) in [4.78, 5) is 12.4. The summed E-state index contributed by atoms with van der Waals surface area (Å²) in [5, 5.41) is 2.55. The number of carbonyl (C=O) groups is 1. The molecule has 0 aliphatic carbocycles. The summed E-state index contributed by atoms with van der Waals surface area (Å²) in [6.45, 7) is 2.10. The van der Waals surface area contributed by atoms with Crippen LogP contribution < -0.4 is 14.2 Å². The van der Waals surface area contributed by atoms with Gasteiger partial charge in [-0.2, -0.15) is 8.42 Å². The largest absolute Gasteiger partial charge is 0.490 e. The van der Waals surface area contributed by atoms with E-state index in [0.717, 1.165) is 0 Å². The quantitative estimate of drug-likeness (QED) is 0.254. The van der Waals surface area contributed by atoms with Gasteiger partial charge in [-0.1, -0.05) is 42.2 Å². The number of rotatable bonds is 6. The van der Waals surface area contributed by atoms with Crippen molar-refractivity contribution >= 4 is 73.0 Å². The van der Waals surface area contributed by atoms with Gasteiger partial charge in [-0.15, -0.1) is 0 Å². The van der Waals surface area contributed by atoms with E-state index in [0.29, 0.717) is 25.0 Å². The number of thiocarbonyl (C=S) groups is 1. The zero-order chi connectivity index (χ0) is 20.3. The van der Waals surface area contributed by atoms with E-state index in [1.54, 1.807) is 43.3 Å². The van der Waals surface area contributed by atoms with Gasteiger partial charge in [0.1, 0.15) is 9.22 Å². The minimum Gasteiger partial charge on any atom is -0.490 e. The fourth-order valence-corrected chi connectivity index (χ4v) is 5.24. The topological polar surface area (TPSA) is 81.7 Å². The van der Waals surface area contributed by atoms with Gasteiger partial charge in [-0.05, 0) is 65.4 Å². The van der Waals surface area contributed by atoms with Crippen LogP contribution in [0.1, 0.15) is 12.5 Å². The Morgan fingerprint density at radius 2 is 1.96 bits per heavy atom. The third kappa shape index (κ3) is 4.85. The third-order valence-electron chi connectivity index (χ3n) is 3.50. The molecular formula is C18H14INO5S3. The van der Waals surface area contributed by atoms with Crippen molar-refractivity contribution < 1.29 is 22.1 Å². The molecule has 28 heavy (non-hydrogen) atoms. The highest BCUT2D eigenvalue weighted by atomic mass is 127. The van der Waals surface area contributed by atoms with Crippen molar-refractivity contribution in [3.8, 4) is 11.5 Å². The SMILES string of the molecule is CCOc1cc(C=C2SC(=S)NC2=O)cc(I)c1OS(=O)(=O)c1ccccc1. The van der Waals surface area contributed by atoms with Crippen LogP contribution in [0.3, 0.4) is 0 Å². The highest BCUT2D eigenvalue weighted by Crippen LogP contribution is 2.37. The predicted molar refractivity (Wildman–Crippen MR) is 121 cm³/mol. The summed E-state index contributed by atoms with van der Waals surface area (Å²) in [5.74, 6) is 0.106. The Morgan fingerprint density at radius 1 is 1.25 bits per heavy atom. The van der Waals surface area contributed by atoms with E-state index in [1.807, 2.05) is 22.6 Å². The molecule has 6 nitrogen and oxygen atoms in total. The molecule has 0 spiro atoms. The first-order chi connectivity index (χ1) is 13.3. The molecule has 0 radical (unpaired) electrons. The first kappa shape index (κ1) is 21.1. The first-order valence-corrected chi connectivity index (χ1v) is 11.7. The van der Waals surface area contributed by atoms with Crippen molar-refractivity contribution in [1.82, 2.24) is 5.32 Å². The van der Waals surface area contributed by atoms with Crippen LogP contribution >= 0.6 is 46.6 Å². The standard InChI is InChI=1S/C18H14INO5S3/c1-2-24-14-9-11(10-15-17(21)20-18(26)27-15)8-13(19)16(14)25-28(22,23)12-6-4-3-5-7-12/h3-10H,2H2,1H3,(H,20,21,26). The van der Waals surface area contributed by atoms with Crippen molar-refractivity contribution in [2.24, 2.45) is 0 Å². The Bertz CT molecular complexity index is 1070. The molecule has 10 heteroatoms. The molecule has 0 saturated carbocycles. The molecule has 146 valence electrons. The molecule has 1 amide bonds. The van der Waals surface area contributed by atoms with Crippen LogP contribution in [-0.2, 0) is 14.9 Å². The number of benzene rings is 2. The Morgan fingerprint density at radius 3 is 2.57 bits per heavy atom. The summed E-state index contributed by atoms with van der Waals surface area (Å²) < 4.78 is 37.1. The average molecular weight is 547 g/mol. The van der Waals surface area contributed by atoms with Gasteiger partial charge >= 0.3 is 10.1 Å². The zero-order valence-electron chi connectivity index (χ0n) is 14.5. The lowest BCUT2D eigenvalue weighted by Gasteiger charge is -2.14. The second-order valence-electron chi connectivity index (χ2n) is 5.47. The van der Waals surface area contributed by atoms with Crippen LogP contribution in [0.2, 0.25) is 0 Å². The first-order valence-electron chi connectivity index (χ1n) is 8.01. The van der Waals surface area contributed by atoms with Gasteiger partial charge in [-0.25, -0.2) is 0 Å². The minimum atomic E-state index is -4.01. The van der Waals surface area contributed by atoms with E-state index in [1.165, 1.54) is 23.9 Å². The van der Waals surface area contributed by atoms with E-state index in [-0.39, 0.29) is 22.3 Å². The number of ether oxygens (including phenoxy) is 1. The number of nitrogens with one attached hydrogen (secondary N) is 1. The summed E-state index contributed by atoms with van der Waals surface area (Å²) in [6, 6.07) is 11.2. The van der Waals surface area contributed by atoms with E-state index >= 15 is 0 Å². The number of thioether (sulfide) groups is 1. The van der Waals surface area contributed by atoms with E-state index in [9.17, 15) is 13.2 Å². The normalized spacial score (nSPS) is 15.6. The number of halogens is 1. The Kier molecular flexibility index (Phi) is 6.63. The molecule has 0 unspecified atom stereocenters. The lowest BCUT2D eigenvalue weighted by atomic mass is 10.2. The maximum absolute atomic E-state index is 12.6. The number of hydrogen-bond acceptors (Lipinski definition) is 7. The van der Waals surface area contributed by atoms with Gasteiger partial charge < -0.3 is 14.2 Å². The maximum atomic E-state index is 12.6. The molecule has 1 heterocycles. The van der Waals surface area contributed by atoms with Gasteiger partial charge in [-0.3, -0.25) is 4.79 Å². The average Bonchev–Trinajstić information content (AvgIpc) is 2.96. The Balaban J connectivity index is 1.99. The Labute approximate surface area is 185 Å². The minimum absolute atomic E-state index is 0.0481. The summed E-state index contributed by atoms with van der Waals surface area (Å²) in [7, 11) is -4.01. The van der Waals surface area contributed by atoms with E-state index < -0.39 is 10.1 Å². The van der Waals surface area contributed by atoms with Gasteiger partial charge in [0.25, 0.3) is 5.91 Å². The zero-order valence-corrected chi connectivity index (χ0v) is 19.1. The molecule has 1 N–H and O–H groups in total. The van der Waals surface area contributed by atoms with Crippen molar-refractivity contribution in [3.05, 3.63) is 56.5 Å². The summed E-state index contributed by atoms with van der Waals surface area (Å²) >= 11 is 8.13. The molecule has 1 aliphatic heterocycles. The fourth-order valence-electron chi connectivity index (χ4n) is 2.33. The second-order valence-corrected chi connectivity index (χ2v) is 9.89. The molecule has 0 aromatic heterocycles. The van der Waals surface area contributed by atoms with E-state index in [2.05, 4.69) is 5.32 Å². The number of carbonyl (C=O) groups excluding carboxylic acids is 1. The smallest absolute Gasteiger partial charge is 0.339 e. The van der Waals surface area contributed by atoms with Crippen LogP contribution in [0.4, 0.5) is 0 Å². The Hall–Kier alpha value is -1.63. The number of amides is 1. The van der Waals surface area contributed by atoms with Crippen molar-refractivity contribution in [3.63, 3.8) is 0 Å². The maximum Gasteiger partial charge on any atom is 0.339 e. The fraction of sp³-hybridized carbons (Fsp3) is 0.111. The van der Waals surface area contributed by atoms with Gasteiger partial charge in [0.05, 0.1) is 15.1 Å². The van der Waals surface area contributed by atoms with Gasteiger partial charge in [0.15, 0.2) is 11.5 Å². The highest BCUT2D eigenvalue weighted by Gasteiger charge is 2.24. The van der Waals surface area contributed by atoms with Crippen LogP contribution in [0.15, 0.2) is 52.3 Å². The second kappa shape index (κ2) is 8.80. The van der Waals surface area contributed by atoms with Crippen molar-refractivity contribution in [2.45, 2.75) is 11.8 Å². The lowest BCUT2D eigenvalue weighted by molar-refractivity contribution is -0.115. The van der Waals surface area contributed by atoms with Gasteiger partial charge in [0, 0.05) is 0 Å². The lowest BCUT2D eigenvalue weighted by Crippen LogP contribution is -2.17. The molecular weight excluding hydrogens is 533 g/mol. The van der Waals surface area contributed by atoms with Crippen LogP contribution in [0, 0.1) is 3.57 Å². The summed E-state index contributed by atoms with van der Waals surface area (Å²) in [5.41, 5.74) is 0.666. The van der Waals surface area contributed by atoms with Crippen molar-refractivity contribution in [2.75, 3.05) is 6.61 Å². The predicted octanol–water partition coefficient (Wildman–Crippen LogP) is 3.95. The van der Waals surface area contributed by atoms with Crippen LogP contribution in [-0.4, -0.2) is 25.3 Å². The van der Waals surface area contributed by atoms with Crippen LogP contribution in [0.5, 0.6) is 11.5 Å². The summed E-state index contributed by atoms with van der Waals surface area (Å²) in [6.07, 6.45) is 1.67. The molecule has 1 fully saturated rings. The van der Waals surface area contributed by atoms with E-state index in [4.69, 9.17) is 21.1 Å².